The van der Waals surface area contributed by atoms with Gasteiger partial charge < -0.3 is 10.2 Å². The van der Waals surface area contributed by atoms with Crippen LogP contribution in [0.2, 0.25) is 0 Å². The molecule has 128 valence electrons. The molecule has 0 fully saturated rings. The fourth-order valence-corrected chi connectivity index (χ4v) is 3.04. The maximum atomic E-state index is 12.0. The van der Waals surface area contributed by atoms with Crippen LogP contribution in [0.5, 0.6) is 0 Å². The van der Waals surface area contributed by atoms with Crippen molar-refractivity contribution in [3.63, 3.8) is 0 Å². The molecule has 0 atom stereocenters. The molecule has 1 aromatic rings. The molecule has 0 aromatic carbocycles. The van der Waals surface area contributed by atoms with Crippen LogP contribution >= 0.6 is 0 Å². The Bertz CT molecular complexity index is 725. The van der Waals surface area contributed by atoms with Crippen molar-refractivity contribution in [1.82, 2.24) is 24.7 Å². The van der Waals surface area contributed by atoms with Gasteiger partial charge in [-0.1, -0.05) is 0 Å². The van der Waals surface area contributed by atoms with Gasteiger partial charge in [-0.15, -0.1) is 0 Å². The molecule has 0 unspecified atom stereocenters. The van der Waals surface area contributed by atoms with Gasteiger partial charge in [0.1, 0.15) is 0 Å². The van der Waals surface area contributed by atoms with Crippen LogP contribution in [0.15, 0.2) is 0 Å². The highest BCUT2D eigenvalue weighted by Gasteiger charge is 2.28. The molecule has 0 saturated heterocycles. The van der Waals surface area contributed by atoms with E-state index >= 15 is 0 Å². The van der Waals surface area contributed by atoms with E-state index in [2.05, 4.69) is 15.1 Å². The summed E-state index contributed by atoms with van der Waals surface area (Å²) in [5, 5.41) is 6.85. The number of hydrogen-bond donors (Lipinski definition) is 2. The Morgan fingerprint density at radius 2 is 2.04 bits per heavy atom. The zero-order valence-corrected chi connectivity index (χ0v) is 14.2. The Balaban J connectivity index is 2.27. The highest BCUT2D eigenvalue weighted by molar-refractivity contribution is 7.88. The summed E-state index contributed by atoms with van der Waals surface area (Å²) in [5.41, 5.74) is 1.88. The summed E-state index contributed by atoms with van der Waals surface area (Å²) in [7, 11) is -1.75. The second-order valence-corrected chi connectivity index (χ2v) is 7.27. The van der Waals surface area contributed by atoms with E-state index in [0.29, 0.717) is 26.1 Å². The minimum absolute atomic E-state index is 0.0509. The molecule has 1 aromatic heterocycles. The van der Waals surface area contributed by atoms with E-state index in [9.17, 15) is 18.0 Å². The Labute approximate surface area is 135 Å². The molecule has 2 amide bonds. The molecule has 0 bridgehead atoms. The molecule has 0 aliphatic carbocycles. The van der Waals surface area contributed by atoms with Crippen LogP contribution in [0.1, 0.15) is 28.7 Å². The maximum Gasteiger partial charge on any atom is 0.271 e. The van der Waals surface area contributed by atoms with Gasteiger partial charge in [0.25, 0.3) is 5.91 Å². The van der Waals surface area contributed by atoms with E-state index in [-0.39, 0.29) is 24.1 Å². The fourth-order valence-electron chi connectivity index (χ4n) is 2.58. The van der Waals surface area contributed by atoms with Gasteiger partial charge in [-0.3, -0.25) is 14.3 Å². The van der Waals surface area contributed by atoms with Gasteiger partial charge in [0.05, 0.1) is 12.8 Å². The zero-order valence-electron chi connectivity index (χ0n) is 13.4. The summed E-state index contributed by atoms with van der Waals surface area (Å²) >= 11 is 0. The molecule has 2 N–H and O–H groups in total. The average molecular weight is 343 g/mol. The van der Waals surface area contributed by atoms with Crippen molar-refractivity contribution in [3.05, 3.63) is 17.0 Å². The number of sulfonamides is 1. The molecule has 0 saturated carbocycles. The second kappa shape index (κ2) is 6.67. The van der Waals surface area contributed by atoms with Crippen LogP contribution in [-0.2, 0) is 34.3 Å². The number of carbonyl (C=O) groups excluding carboxylic acids is 2. The molecule has 2 rings (SSSR count). The summed E-state index contributed by atoms with van der Waals surface area (Å²) in [6, 6.07) is 0. The number of fused-ring (bicyclic) bond motifs is 1. The number of nitrogens with one attached hydrogen (secondary N) is 2. The monoisotopic (exact) mass is 343 g/mol. The predicted octanol–water partition coefficient (Wildman–Crippen LogP) is -1.30. The lowest BCUT2D eigenvalue weighted by Gasteiger charge is -2.26. The third-order valence-electron chi connectivity index (χ3n) is 3.71. The number of amides is 2. The maximum absolute atomic E-state index is 12.0. The number of rotatable bonds is 5. The van der Waals surface area contributed by atoms with Crippen LogP contribution in [0, 0.1) is 0 Å². The van der Waals surface area contributed by atoms with Crippen molar-refractivity contribution in [3.8, 4) is 0 Å². The quantitative estimate of drug-likeness (QED) is 0.690. The molecule has 9 nitrogen and oxygen atoms in total. The first kappa shape index (κ1) is 17.4. The summed E-state index contributed by atoms with van der Waals surface area (Å²) in [6.07, 6.45) is 1.67. The van der Waals surface area contributed by atoms with E-state index in [1.54, 1.807) is 9.58 Å². The van der Waals surface area contributed by atoms with Gasteiger partial charge in [-0.2, -0.15) is 5.10 Å². The van der Waals surface area contributed by atoms with Gasteiger partial charge in [0.2, 0.25) is 15.9 Å². The first-order chi connectivity index (χ1) is 10.7. The zero-order chi connectivity index (χ0) is 17.2. The van der Waals surface area contributed by atoms with Crippen LogP contribution in [0.3, 0.4) is 0 Å². The minimum Gasteiger partial charge on any atom is -0.354 e. The summed E-state index contributed by atoms with van der Waals surface area (Å²) < 4.78 is 26.3. The summed E-state index contributed by atoms with van der Waals surface area (Å²) in [4.78, 5) is 25.2. The molecule has 1 aliphatic rings. The molecule has 0 spiro atoms. The highest BCUT2D eigenvalue weighted by atomic mass is 32.2. The lowest BCUT2D eigenvalue weighted by Crippen LogP contribution is -2.35. The number of hydrogen-bond acceptors (Lipinski definition) is 5. The number of aromatic nitrogens is 2. The molecular weight excluding hydrogens is 322 g/mol. The Hall–Kier alpha value is -1.94. The SMILES string of the molecule is CNC(=O)c1nn(CCNS(C)(=O)=O)c2c1CN(C(C)=O)CC2. The highest BCUT2D eigenvalue weighted by Crippen LogP contribution is 2.23. The van der Waals surface area contributed by atoms with Gasteiger partial charge in [0, 0.05) is 51.3 Å². The third kappa shape index (κ3) is 4.08. The van der Waals surface area contributed by atoms with Gasteiger partial charge in [-0.25, -0.2) is 13.1 Å². The molecule has 2 heterocycles. The second-order valence-electron chi connectivity index (χ2n) is 5.43. The van der Waals surface area contributed by atoms with Crippen LogP contribution in [-0.4, -0.2) is 61.3 Å². The van der Waals surface area contributed by atoms with Crippen LogP contribution < -0.4 is 10.0 Å². The van der Waals surface area contributed by atoms with Crippen LogP contribution in [0.4, 0.5) is 0 Å². The number of nitrogens with zero attached hydrogens (tertiary/aromatic N) is 3. The Morgan fingerprint density at radius 1 is 1.35 bits per heavy atom. The van der Waals surface area contributed by atoms with E-state index in [4.69, 9.17) is 0 Å². The van der Waals surface area contributed by atoms with E-state index < -0.39 is 10.0 Å². The standard InChI is InChI=1S/C13H21N5O4S/c1-9(19)17-6-4-11-10(8-17)12(13(20)14-2)16-18(11)7-5-15-23(3,21)22/h15H,4-8H2,1-3H3,(H,14,20). The van der Waals surface area contributed by atoms with Crippen molar-refractivity contribution in [2.75, 3.05) is 26.4 Å². The van der Waals surface area contributed by atoms with Gasteiger partial charge in [0.15, 0.2) is 5.69 Å². The fraction of sp³-hybridized carbons (Fsp3) is 0.615. The molecule has 0 radical (unpaired) electrons. The normalized spacial score (nSPS) is 14.5. The van der Waals surface area contributed by atoms with Crippen LogP contribution in [0.25, 0.3) is 0 Å². The molecular formula is C13H21N5O4S. The lowest BCUT2D eigenvalue weighted by molar-refractivity contribution is -0.129. The smallest absolute Gasteiger partial charge is 0.271 e. The molecule has 1 aliphatic heterocycles. The predicted molar refractivity (Wildman–Crippen MR) is 83.3 cm³/mol. The Morgan fingerprint density at radius 3 is 2.61 bits per heavy atom. The van der Waals surface area contributed by atoms with Crippen molar-refractivity contribution in [2.24, 2.45) is 0 Å². The first-order valence-corrected chi connectivity index (χ1v) is 9.13. The summed E-state index contributed by atoms with van der Waals surface area (Å²) in [5.74, 6) is -0.369. The van der Waals surface area contributed by atoms with Gasteiger partial charge >= 0.3 is 0 Å². The third-order valence-corrected chi connectivity index (χ3v) is 4.44. The van der Waals surface area contributed by atoms with Crippen molar-refractivity contribution in [2.45, 2.75) is 26.4 Å². The summed E-state index contributed by atoms with van der Waals surface area (Å²) in [6.45, 7) is 2.90. The van der Waals surface area contributed by atoms with E-state index in [1.807, 2.05) is 0 Å². The average Bonchev–Trinajstić information content (AvgIpc) is 2.83. The minimum atomic E-state index is -3.27. The number of carbonyl (C=O) groups is 2. The Kier molecular flexibility index (Phi) is 5.05. The van der Waals surface area contributed by atoms with Crippen molar-refractivity contribution >= 4 is 21.8 Å². The molecule has 10 heteroatoms. The lowest BCUT2D eigenvalue weighted by atomic mass is 10.0. The largest absolute Gasteiger partial charge is 0.354 e. The topological polar surface area (TPSA) is 113 Å². The van der Waals surface area contributed by atoms with Gasteiger partial charge in [-0.05, 0) is 0 Å². The van der Waals surface area contributed by atoms with Crippen molar-refractivity contribution < 1.29 is 18.0 Å². The van der Waals surface area contributed by atoms with E-state index in [0.717, 1.165) is 17.5 Å². The molecule has 23 heavy (non-hydrogen) atoms. The first-order valence-electron chi connectivity index (χ1n) is 7.23. The van der Waals surface area contributed by atoms with Crippen molar-refractivity contribution in [1.29, 1.82) is 0 Å². The van der Waals surface area contributed by atoms with E-state index in [1.165, 1.54) is 14.0 Å².